The molecule has 0 N–H and O–H groups in total. The van der Waals surface area contributed by atoms with E-state index in [0.717, 1.165) is 0 Å². The Kier molecular flexibility index (Phi) is 5.82. The van der Waals surface area contributed by atoms with Crippen LogP contribution in [0, 0.1) is 58.2 Å². The Labute approximate surface area is 141 Å². The monoisotopic (exact) mass is 412 g/mol. The first-order valence-electron chi connectivity index (χ1n) is 5.88. The van der Waals surface area contributed by atoms with Gasteiger partial charge in [0.25, 0.3) is 0 Å². The summed E-state index contributed by atoms with van der Waals surface area (Å²) in [6, 6.07) is 0. The number of benzene rings is 2. The first-order chi connectivity index (χ1) is 11.6. The fraction of sp³-hybridized carbons (Fsp3) is 0.0769. The molecule has 0 aromatic heterocycles. The summed E-state index contributed by atoms with van der Waals surface area (Å²) in [5.41, 5.74) is 0. The van der Waals surface area contributed by atoms with E-state index in [9.17, 15) is 43.9 Å². The van der Waals surface area contributed by atoms with Crippen molar-refractivity contribution in [3.63, 3.8) is 0 Å². The molecule has 2 aromatic rings. The highest BCUT2D eigenvalue weighted by molar-refractivity contribution is 8.16. The maximum absolute atomic E-state index is 13.4. The molecule has 136 valence electrons. The van der Waals surface area contributed by atoms with Gasteiger partial charge >= 0.3 is 0 Å². The Balaban J connectivity index is 2.29. The highest BCUT2D eigenvalue weighted by atomic mass is 32.2. The minimum atomic E-state index is -2.40. The van der Waals surface area contributed by atoms with Crippen LogP contribution in [0.15, 0.2) is 9.79 Å². The predicted molar refractivity (Wildman–Crippen MR) is 69.0 cm³/mol. The van der Waals surface area contributed by atoms with Crippen molar-refractivity contribution in [3.8, 4) is 0 Å². The van der Waals surface area contributed by atoms with Crippen LogP contribution in [0.2, 0.25) is 0 Å². The van der Waals surface area contributed by atoms with Gasteiger partial charge in [-0.2, -0.15) is 0 Å². The first-order valence-corrected chi connectivity index (χ1v) is 7.85. The molecule has 0 bridgehead atoms. The zero-order valence-corrected chi connectivity index (χ0v) is 12.9. The Morgan fingerprint density at radius 3 is 0.800 bits per heavy atom. The molecule has 0 fully saturated rings. The summed E-state index contributed by atoms with van der Waals surface area (Å²) >= 11 is -0.134. The second kappa shape index (κ2) is 7.36. The van der Waals surface area contributed by atoms with Crippen molar-refractivity contribution >= 4 is 23.5 Å². The third-order valence-electron chi connectivity index (χ3n) is 2.75. The molecule has 0 heterocycles. The van der Waals surface area contributed by atoms with Crippen LogP contribution in [-0.2, 0) is 0 Å². The summed E-state index contributed by atoms with van der Waals surface area (Å²) in [6.45, 7) is 0. The quantitative estimate of drug-likeness (QED) is 0.201. The molecule has 0 aliphatic rings. The van der Waals surface area contributed by atoms with Crippen LogP contribution >= 0.6 is 23.5 Å². The molecule has 0 radical (unpaired) electrons. The summed E-state index contributed by atoms with van der Waals surface area (Å²) in [5.74, 6) is -22.5. The number of hydrogen-bond donors (Lipinski definition) is 0. The van der Waals surface area contributed by atoms with Gasteiger partial charge in [0, 0.05) is 5.08 Å². The van der Waals surface area contributed by atoms with E-state index < -0.39 is 73.0 Å². The molecular formula is C13H2F10S2. The summed E-state index contributed by atoms with van der Waals surface area (Å²) in [5, 5.41) is -0.809. The van der Waals surface area contributed by atoms with Gasteiger partial charge in [0.1, 0.15) is 0 Å². The third kappa shape index (κ3) is 3.41. The average molecular weight is 412 g/mol. The van der Waals surface area contributed by atoms with Crippen LogP contribution in [0.3, 0.4) is 0 Å². The summed E-state index contributed by atoms with van der Waals surface area (Å²) in [7, 11) is 0. The Morgan fingerprint density at radius 1 is 0.360 bits per heavy atom. The van der Waals surface area contributed by atoms with Gasteiger partial charge in [-0.05, 0) is 0 Å². The van der Waals surface area contributed by atoms with Gasteiger partial charge in [-0.15, -0.1) is 23.5 Å². The third-order valence-corrected chi connectivity index (χ3v) is 4.98. The Morgan fingerprint density at radius 2 is 0.560 bits per heavy atom. The van der Waals surface area contributed by atoms with Crippen LogP contribution in [0.5, 0.6) is 0 Å². The fourth-order valence-corrected chi connectivity index (χ4v) is 3.61. The van der Waals surface area contributed by atoms with Gasteiger partial charge in [-0.3, -0.25) is 0 Å². The van der Waals surface area contributed by atoms with Crippen molar-refractivity contribution in [2.45, 2.75) is 9.79 Å². The zero-order valence-electron chi connectivity index (χ0n) is 11.3. The summed E-state index contributed by atoms with van der Waals surface area (Å²) in [6.07, 6.45) is 0. The summed E-state index contributed by atoms with van der Waals surface area (Å²) < 4.78 is 131. The largest absolute Gasteiger partial charge is 0.202 e. The van der Waals surface area contributed by atoms with E-state index in [1.807, 2.05) is 0 Å². The Hall–Kier alpha value is -1.56. The second-order valence-corrected chi connectivity index (χ2v) is 6.54. The van der Waals surface area contributed by atoms with E-state index in [2.05, 4.69) is 0 Å². The first kappa shape index (κ1) is 19.8. The molecule has 0 nitrogen and oxygen atoms in total. The van der Waals surface area contributed by atoms with Crippen LogP contribution in [0.1, 0.15) is 0 Å². The molecule has 0 atom stereocenters. The van der Waals surface area contributed by atoms with Crippen molar-refractivity contribution in [2.75, 3.05) is 5.08 Å². The van der Waals surface area contributed by atoms with Crippen LogP contribution in [-0.4, -0.2) is 5.08 Å². The second-order valence-electron chi connectivity index (χ2n) is 4.20. The summed E-state index contributed by atoms with van der Waals surface area (Å²) in [4.78, 5) is -2.71. The average Bonchev–Trinajstić information content (AvgIpc) is 2.60. The highest BCUT2D eigenvalue weighted by Gasteiger charge is 2.28. The number of rotatable bonds is 4. The lowest BCUT2D eigenvalue weighted by Gasteiger charge is -2.09. The van der Waals surface area contributed by atoms with E-state index >= 15 is 0 Å². The molecule has 25 heavy (non-hydrogen) atoms. The SMILES string of the molecule is Fc1c(F)c(F)c(SCSc2c(F)c(F)c(F)c(F)c2F)c(F)c1F. The molecule has 0 amide bonds. The van der Waals surface area contributed by atoms with E-state index in [1.54, 1.807) is 0 Å². The molecule has 0 aliphatic heterocycles. The molecule has 0 saturated carbocycles. The van der Waals surface area contributed by atoms with Gasteiger partial charge in [0.05, 0.1) is 9.79 Å². The lowest BCUT2D eigenvalue weighted by atomic mass is 10.3. The molecule has 0 saturated heterocycles. The van der Waals surface area contributed by atoms with Crippen molar-refractivity contribution in [2.24, 2.45) is 0 Å². The van der Waals surface area contributed by atoms with Gasteiger partial charge < -0.3 is 0 Å². The number of thioether (sulfide) groups is 2. The smallest absolute Gasteiger partial charge is 0.200 e. The normalized spacial score (nSPS) is 11.3. The maximum atomic E-state index is 13.4. The maximum Gasteiger partial charge on any atom is 0.200 e. The van der Waals surface area contributed by atoms with Gasteiger partial charge in [0.2, 0.25) is 11.6 Å². The molecule has 0 spiro atoms. The standard InChI is InChI=1S/C13H2F10S2/c14-2-4(16)8(20)12(9(21)5(2)17)24-1-25-13-10(22)6(18)3(15)7(19)11(13)23/h1H2. The number of halogens is 10. The van der Waals surface area contributed by atoms with Gasteiger partial charge in [-0.25, -0.2) is 43.9 Å². The molecule has 12 heteroatoms. The van der Waals surface area contributed by atoms with Gasteiger partial charge in [-0.1, -0.05) is 0 Å². The van der Waals surface area contributed by atoms with E-state index in [1.165, 1.54) is 0 Å². The van der Waals surface area contributed by atoms with E-state index in [-0.39, 0.29) is 23.5 Å². The van der Waals surface area contributed by atoms with Gasteiger partial charge in [0.15, 0.2) is 46.5 Å². The van der Waals surface area contributed by atoms with Crippen molar-refractivity contribution < 1.29 is 43.9 Å². The fourth-order valence-electron chi connectivity index (χ4n) is 1.57. The molecule has 2 aromatic carbocycles. The zero-order chi connectivity index (χ0) is 19.0. The predicted octanol–water partition coefficient (Wildman–Crippen LogP) is 5.92. The highest BCUT2D eigenvalue weighted by Crippen LogP contribution is 2.37. The lowest BCUT2D eigenvalue weighted by Crippen LogP contribution is -2.04. The topological polar surface area (TPSA) is 0 Å². The van der Waals surface area contributed by atoms with E-state index in [4.69, 9.17) is 0 Å². The van der Waals surface area contributed by atoms with E-state index in [0.29, 0.717) is 0 Å². The lowest BCUT2D eigenvalue weighted by molar-refractivity contribution is 0.360. The van der Waals surface area contributed by atoms with Crippen LogP contribution in [0.4, 0.5) is 43.9 Å². The van der Waals surface area contributed by atoms with Crippen molar-refractivity contribution in [1.29, 1.82) is 0 Å². The molecule has 0 unspecified atom stereocenters. The molecule has 2 rings (SSSR count). The van der Waals surface area contributed by atoms with Crippen LogP contribution < -0.4 is 0 Å². The Bertz CT molecular complexity index is 724. The minimum Gasteiger partial charge on any atom is -0.202 e. The van der Waals surface area contributed by atoms with Crippen molar-refractivity contribution in [1.82, 2.24) is 0 Å². The van der Waals surface area contributed by atoms with Crippen LogP contribution in [0.25, 0.3) is 0 Å². The number of hydrogen-bond acceptors (Lipinski definition) is 2. The minimum absolute atomic E-state index is 0.0668. The molecule has 0 aliphatic carbocycles. The van der Waals surface area contributed by atoms with Crippen molar-refractivity contribution in [3.05, 3.63) is 58.2 Å². The molecular weight excluding hydrogens is 410 g/mol.